The fourth-order valence-corrected chi connectivity index (χ4v) is 4.56. The normalized spacial score (nSPS) is 11.9. The van der Waals surface area contributed by atoms with Gasteiger partial charge in [0, 0.05) is 23.5 Å². The van der Waals surface area contributed by atoms with Crippen LogP contribution in [-0.4, -0.2) is 29.4 Å². The average molecular weight is 535 g/mol. The number of halogens is 1. The van der Waals surface area contributed by atoms with E-state index in [4.69, 9.17) is 9.47 Å². The van der Waals surface area contributed by atoms with Crippen LogP contribution in [-0.2, 0) is 0 Å². The molecule has 0 aliphatic heterocycles. The van der Waals surface area contributed by atoms with E-state index in [2.05, 4.69) is 23.8 Å². The van der Waals surface area contributed by atoms with Gasteiger partial charge in [0.25, 0.3) is 0 Å². The topological polar surface area (TPSA) is 44.2 Å². The predicted octanol–water partition coefficient (Wildman–Crippen LogP) is 10.0. The number of ether oxygens (including phenoxy) is 2. The number of alkyl halides is 1. The summed E-state index contributed by atoms with van der Waals surface area (Å²) in [6, 6.07) is 15.6. The lowest BCUT2D eigenvalue weighted by Gasteiger charge is -2.11. The lowest BCUT2D eigenvalue weighted by atomic mass is 10.1. The zero-order chi connectivity index (χ0) is 27.5. The maximum atomic E-state index is 14.3. The summed E-state index contributed by atoms with van der Waals surface area (Å²) in [4.78, 5) is 9.11. The summed E-state index contributed by atoms with van der Waals surface area (Å²) in [5.74, 6) is 2.21. The van der Waals surface area contributed by atoms with E-state index >= 15 is 0 Å². The number of hydrogen-bond acceptors (Lipinski definition) is 4. The highest BCUT2D eigenvalue weighted by molar-refractivity contribution is 5.64. The monoisotopic (exact) mass is 534 g/mol. The first-order valence-corrected chi connectivity index (χ1v) is 15.1. The molecule has 2 aromatic carbocycles. The van der Waals surface area contributed by atoms with E-state index in [-0.39, 0.29) is 6.61 Å². The minimum Gasteiger partial charge on any atom is -0.494 e. The van der Waals surface area contributed by atoms with Crippen molar-refractivity contribution in [2.45, 2.75) is 103 Å². The van der Waals surface area contributed by atoms with Crippen molar-refractivity contribution in [2.24, 2.45) is 0 Å². The molecule has 0 spiro atoms. The molecule has 0 saturated heterocycles. The summed E-state index contributed by atoms with van der Waals surface area (Å²) >= 11 is 0. The van der Waals surface area contributed by atoms with Gasteiger partial charge >= 0.3 is 0 Å². The van der Waals surface area contributed by atoms with Gasteiger partial charge in [-0.3, -0.25) is 0 Å². The zero-order valence-electron chi connectivity index (χ0n) is 24.0. The van der Waals surface area contributed by atoms with Gasteiger partial charge in [0.05, 0.1) is 6.61 Å². The molecule has 39 heavy (non-hydrogen) atoms. The van der Waals surface area contributed by atoms with Crippen LogP contribution in [0.3, 0.4) is 0 Å². The van der Waals surface area contributed by atoms with E-state index < -0.39 is 6.17 Å². The Bertz CT molecular complexity index is 1020. The van der Waals surface area contributed by atoms with Crippen LogP contribution < -0.4 is 9.47 Å². The first-order chi connectivity index (χ1) is 19.2. The molecule has 3 aromatic rings. The lowest BCUT2D eigenvalue weighted by molar-refractivity contribution is 0.184. The van der Waals surface area contributed by atoms with Crippen LogP contribution in [0.5, 0.6) is 11.5 Å². The molecule has 0 aliphatic rings. The maximum absolute atomic E-state index is 14.3. The Morgan fingerprint density at radius 3 is 1.72 bits per heavy atom. The molecule has 1 atom stereocenters. The Morgan fingerprint density at radius 2 is 1.10 bits per heavy atom. The molecule has 0 aliphatic carbocycles. The Hall–Kier alpha value is -2.95. The second kappa shape index (κ2) is 18.4. The van der Waals surface area contributed by atoms with E-state index in [1.165, 1.54) is 57.8 Å². The molecule has 212 valence electrons. The summed E-state index contributed by atoms with van der Waals surface area (Å²) in [7, 11) is 0. The van der Waals surface area contributed by atoms with Crippen molar-refractivity contribution in [1.29, 1.82) is 0 Å². The van der Waals surface area contributed by atoms with Gasteiger partial charge in [-0.05, 0) is 54.8 Å². The van der Waals surface area contributed by atoms with Gasteiger partial charge in [-0.2, -0.15) is 0 Å². The fourth-order valence-electron chi connectivity index (χ4n) is 4.56. The van der Waals surface area contributed by atoms with E-state index in [1.54, 1.807) is 0 Å². The van der Waals surface area contributed by atoms with Gasteiger partial charge in [0.15, 0.2) is 5.82 Å². The standard InChI is InChI=1S/C34H47FN2O2/c1-3-5-7-9-10-11-12-13-15-31(35)27-39-33-22-18-29(19-23-33)34-36-25-30(26-37-34)28-16-20-32(21-17-28)38-24-14-8-6-4-2/h16-23,25-26,31H,3-15,24,27H2,1-2H3. The minimum absolute atomic E-state index is 0.101. The molecular formula is C34H47FN2O2. The van der Waals surface area contributed by atoms with Crippen LogP contribution in [0.15, 0.2) is 60.9 Å². The van der Waals surface area contributed by atoms with E-state index in [0.29, 0.717) is 18.0 Å². The number of benzene rings is 2. The molecular weight excluding hydrogens is 487 g/mol. The highest BCUT2D eigenvalue weighted by Gasteiger charge is 2.09. The maximum Gasteiger partial charge on any atom is 0.159 e. The summed E-state index contributed by atoms with van der Waals surface area (Å²) in [5, 5.41) is 0. The van der Waals surface area contributed by atoms with Crippen LogP contribution in [0.25, 0.3) is 22.5 Å². The Labute approximate surface area is 235 Å². The third kappa shape index (κ3) is 11.8. The number of nitrogens with zero attached hydrogens (tertiary/aromatic N) is 2. The second-order valence-corrected chi connectivity index (χ2v) is 10.4. The fraction of sp³-hybridized carbons (Fsp3) is 0.529. The number of hydrogen-bond donors (Lipinski definition) is 0. The SMILES string of the molecule is CCCCCCCCCCC(F)COc1ccc(-c2ncc(-c3ccc(OCCCCCC)cc3)cn2)cc1. The van der Waals surface area contributed by atoms with Gasteiger partial charge in [-0.1, -0.05) is 96.6 Å². The van der Waals surface area contributed by atoms with Gasteiger partial charge in [-0.15, -0.1) is 0 Å². The summed E-state index contributed by atoms with van der Waals surface area (Å²) < 4.78 is 25.8. The number of aromatic nitrogens is 2. The molecule has 1 heterocycles. The number of unbranched alkanes of at least 4 members (excludes halogenated alkanes) is 10. The molecule has 0 radical (unpaired) electrons. The zero-order valence-corrected chi connectivity index (χ0v) is 24.0. The van der Waals surface area contributed by atoms with Crippen molar-refractivity contribution in [2.75, 3.05) is 13.2 Å². The van der Waals surface area contributed by atoms with E-state index in [1.807, 2.05) is 60.9 Å². The Kier molecular flexibility index (Phi) is 14.4. The van der Waals surface area contributed by atoms with Gasteiger partial charge < -0.3 is 9.47 Å². The summed E-state index contributed by atoms with van der Waals surface area (Å²) in [6.07, 6.45) is 17.9. The van der Waals surface area contributed by atoms with E-state index in [0.717, 1.165) is 48.3 Å². The Morgan fingerprint density at radius 1 is 0.590 bits per heavy atom. The van der Waals surface area contributed by atoms with Crippen LogP contribution >= 0.6 is 0 Å². The molecule has 0 N–H and O–H groups in total. The molecule has 0 fully saturated rings. The van der Waals surface area contributed by atoms with Gasteiger partial charge in [0.1, 0.15) is 24.3 Å². The molecule has 0 saturated carbocycles. The van der Waals surface area contributed by atoms with Crippen LogP contribution in [0, 0.1) is 0 Å². The van der Waals surface area contributed by atoms with Crippen LogP contribution in [0.4, 0.5) is 4.39 Å². The first-order valence-electron chi connectivity index (χ1n) is 15.1. The molecule has 0 bridgehead atoms. The highest BCUT2D eigenvalue weighted by Crippen LogP contribution is 2.24. The molecule has 0 amide bonds. The lowest BCUT2D eigenvalue weighted by Crippen LogP contribution is -2.12. The predicted molar refractivity (Wildman–Crippen MR) is 160 cm³/mol. The second-order valence-electron chi connectivity index (χ2n) is 10.4. The largest absolute Gasteiger partial charge is 0.494 e. The van der Waals surface area contributed by atoms with Crippen molar-refractivity contribution in [3.63, 3.8) is 0 Å². The van der Waals surface area contributed by atoms with Gasteiger partial charge in [-0.25, -0.2) is 14.4 Å². The molecule has 5 heteroatoms. The summed E-state index contributed by atoms with van der Waals surface area (Å²) in [5.41, 5.74) is 2.91. The smallest absolute Gasteiger partial charge is 0.159 e. The van der Waals surface area contributed by atoms with Crippen molar-refractivity contribution in [3.05, 3.63) is 60.9 Å². The Balaban J connectivity index is 1.38. The van der Waals surface area contributed by atoms with Crippen molar-refractivity contribution < 1.29 is 13.9 Å². The molecule has 1 unspecified atom stereocenters. The third-order valence-corrected chi connectivity index (χ3v) is 7.02. The molecule has 4 nitrogen and oxygen atoms in total. The summed E-state index contributed by atoms with van der Waals surface area (Å²) in [6.45, 7) is 5.31. The van der Waals surface area contributed by atoms with Crippen LogP contribution in [0.1, 0.15) is 97.3 Å². The number of rotatable bonds is 20. The highest BCUT2D eigenvalue weighted by atomic mass is 19.1. The quantitative estimate of drug-likeness (QED) is 0.135. The van der Waals surface area contributed by atoms with Crippen LogP contribution in [0.2, 0.25) is 0 Å². The third-order valence-electron chi connectivity index (χ3n) is 7.02. The minimum atomic E-state index is -0.924. The van der Waals surface area contributed by atoms with Crippen molar-refractivity contribution >= 4 is 0 Å². The molecule has 1 aromatic heterocycles. The van der Waals surface area contributed by atoms with E-state index in [9.17, 15) is 4.39 Å². The first kappa shape index (κ1) is 30.6. The van der Waals surface area contributed by atoms with Gasteiger partial charge in [0.2, 0.25) is 0 Å². The van der Waals surface area contributed by atoms with Crippen molar-refractivity contribution in [3.8, 4) is 34.0 Å². The molecule has 3 rings (SSSR count). The van der Waals surface area contributed by atoms with Crippen molar-refractivity contribution in [1.82, 2.24) is 9.97 Å². The average Bonchev–Trinajstić information content (AvgIpc) is 2.98.